The van der Waals surface area contributed by atoms with Gasteiger partial charge >= 0.3 is 0 Å². The topological polar surface area (TPSA) is 29.4 Å². The second-order valence-electron chi connectivity index (χ2n) is 2.37. The maximum atomic E-state index is 9.60. The first-order chi connectivity index (χ1) is 4.81. The molecule has 2 nitrogen and oxygen atoms in total. The first-order valence-corrected chi connectivity index (χ1v) is 3.94. The van der Waals surface area contributed by atoms with Crippen LogP contribution in [0.15, 0.2) is 4.99 Å². The van der Waals surface area contributed by atoms with Crippen LogP contribution in [0.3, 0.4) is 0 Å². The summed E-state index contributed by atoms with van der Waals surface area (Å²) >= 11 is 5.56. The summed E-state index contributed by atoms with van der Waals surface area (Å²) in [5.41, 5.74) is 0. The molecule has 0 radical (unpaired) electrons. The Morgan fingerprint density at radius 2 is 2.40 bits per heavy atom. The van der Waals surface area contributed by atoms with Crippen molar-refractivity contribution in [3.8, 4) is 0 Å². The Morgan fingerprint density at radius 3 is 2.90 bits per heavy atom. The second kappa shape index (κ2) is 6.79. The van der Waals surface area contributed by atoms with Crippen LogP contribution in [0.4, 0.5) is 0 Å². The van der Waals surface area contributed by atoms with E-state index in [4.69, 9.17) is 11.6 Å². The van der Waals surface area contributed by atoms with Gasteiger partial charge in [0.25, 0.3) is 0 Å². The zero-order valence-corrected chi connectivity index (χ0v) is 6.90. The first kappa shape index (κ1) is 9.67. The molecule has 0 aliphatic rings. The van der Waals surface area contributed by atoms with Crippen molar-refractivity contribution in [1.29, 1.82) is 0 Å². The standard InChI is InChI=1S/C7H12ClNO/c1-7(5-8)3-2-4-9-6-10/h7H,2-5H2,1H3. The normalized spacial score (nSPS) is 12.2. The van der Waals surface area contributed by atoms with Crippen molar-refractivity contribution in [2.24, 2.45) is 10.9 Å². The highest BCUT2D eigenvalue weighted by molar-refractivity contribution is 6.18. The Kier molecular flexibility index (Phi) is 6.56. The van der Waals surface area contributed by atoms with Crippen LogP contribution in [0.1, 0.15) is 19.8 Å². The molecule has 1 atom stereocenters. The molecule has 0 N–H and O–H groups in total. The van der Waals surface area contributed by atoms with Gasteiger partial charge in [0, 0.05) is 5.88 Å². The molecule has 0 saturated heterocycles. The highest BCUT2D eigenvalue weighted by Gasteiger charge is 1.97. The molecule has 58 valence electrons. The van der Waals surface area contributed by atoms with E-state index < -0.39 is 0 Å². The van der Waals surface area contributed by atoms with Gasteiger partial charge in [0.2, 0.25) is 6.08 Å². The molecule has 0 aromatic carbocycles. The number of halogens is 1. The zero-order chi connectivity index (χ0) is 7.82. The fourth-order valence-corrected chi connectivity index (χ4v) is 0.796. The molecule has 0 rings (SSSR count). The van der Waals surface area contributed by atoms with E-state index in [0.717, 1.165) is 12.8 Å². The maximum Gasteiger partial charge on any atom is 0.234 e. The van der Waals surface area contributed by atoms with Crippen LogP contribution < -0.4 is 0 Å². The third-order valence-corrected chi connectivity index (χ3v) is 1.82. The lowest BCUT2D eigenvalue weighted by Crippen LogP contribution is -1.96. The predicted octanol–water partition coefficient (Wildman–Crippen LogP) is 1.98. The molecular formula is C7H12ClNO. The predicted molar refractivity (Wildman–Crippen MR) is 42.1 cm³/mol. The number of hydrogen-bond donors (Lipinski definition) is 0. The van der Waals surface area contributed by atoms with Crippen molar-refractivity contribution < 1.29 is 4.79 Å². The Morgan fingerprint density at radius 1 is 1.70 bits per heavy atom. The average Bonchev–Trinajstić information content (AvgIpc) is 1.98. The van der Waals surface area contributed by atoms with Gasteiger partial charge in [-0.05, 0) is 18.8 Å². The quantitative estimate of drug-likeness (QED) is 0.262. The highest BCUT2D eigenvalue weighted by Crippen LogP contribution is 2.06. The van der Waals surface area contributed by atoms with E-state index in [1.54, 1.807) is 0 Å². The molecule has 0 fully saturated rings. The lowest BCUT2D eigenvalue weighted by atomic mass is 10.1. The van der Waals surface area contributed by atoms with Gasteiger partial charge in [-0.3, -0.25) is 0 Å². The summed E-state index contributed by atoms with van der Waals surface area (Å²) in [4.78, 5) is 13.0. The molecule has 0 aromatic heterocycles. The Hall–Kier alpha value is -0.330. The van der Waals surface area contributed by atoms with Crippen LogP contribution in [0.5, 0.6) is 0 Å². The van der Waals surface area contributed by atoms with Crippen molar-refractivity contribution in [3.05, 3.63) is 0 Å². The lowest BCUT2D eigenvalue weighted by Gasteiger charge is -2.02. The molecule has 3 heteroatoms. The molecule has 0 spiro atoms. The number of aliphatic imine (C=N–C) groups is 1. The van der Waals surface area contributed by atoms with E-state index in [-0.39, 0.29) is 0 Å². The Bertz CT molecular complexity index is 121. The van der Waals surface area contributed by atoms with Gasteiger partial charge in [-0.15, -0.1) is 11.6 Å². The van der Waals surface area contributed by atoms with Gasteiger partial charge in [0.05, 0.1) is 6.54 Å². The number of carbonyl (C=O) groups excluding carboxylic acids is 1. The van der Waals surface area contributed by atoms with Gasteiger partial charge in [0.15, 0.2) is 0 Å². The third kappa shape index (κ3) is 5.80. The van der Waals surface area contributed by atoms with E-state index in [1.807, 2.05) is 0 Å². The van der Waals surface area contributed by atoms with Crippen LogP contribution in [-0.2, 0) is 4.79 Å². The van der Waals surface area contributed by atoms with Gasteiger partial charge in [-0.1, -0.05) is 6.92 Å². The van der Waals surface area contributed by atoms with E-state index >= 15 is 0 Å². The lowest BCUT2D eigenvalue weighted by molar-refractivity contribution is 0.551. The molecule has 0 bridgehead atoms. The van der Waals surface area contributed by atoms with E-state index in [0.29, 0.717) is 18.3 Å². The van der Waals surface area contributed by atoms with Crippen molar-refractivity contribution >= 4 is 17.7 Å². The third-order valence-electron chi connectivity index (χ3n) is 1.29. The minimum Gasteiger partial charge on any atom is -0.211 e. The van der Waals surface area contributed by atoms with Gasteiger partial charge in [-0.2, -0.15) is 0 Å². The van der Waals surface area contributed by atoms with E-state index in [2.05, 4.69) is 11.9 Å². The van der Waals surface area contributed by atoms with Crippen molar-refractivity contribution in [2.75, 3.05) is 12.4 Å². The number of alkyl halides is 1. The molecule has 0 aromatic rings. The van der Waals surface area contributed by atoms with Crippen molar-refractivity contribution in [1.82, 2.24) is 0 Å². The van der Waals surface area contributed by atoms with Gasteiger partial charge < -0.3 is 0 Å². The average molecular weight is 162 g/mol. The summed E-state index contributed by atoms with van der Waals surface area (Å²) in [6, 6.07) is 0. The van der Waals surface area contributed by atoms with Crippen LogP contribution in [0, 0.1) is 5.92 Å². The number of hydrogen-bond acceptors (Lipinski definition) is 2. The number of isocyanates is 1. The highest BCUT2D eigenvalue weighted by atomic mass is 35.5. The molecule has 10 heavy (non-hydrogen) atoms. The largest absolute Gasteiger partial charge is 0.234 e. The monoisotopic (exact) mass is 161 g/mol. The molecule has 0 aliphatic carbocycles. The molecule has 1 unspecified atom stereocenters. The minimum atomic E-state index is 0.531. The molecule has 0 saturated carbocycles. The molecule has 0 amide bonds. The van der Waals surface area contributed by atoms with Crippen LogP contribution in [-0.4, -0.2) is 18.5 Å². The zero-order valence-electron chi connectivity index (χ0n) is 6.14. The smallest absolute Gasteiger partial charge is 0.211 e. The summed E-state index contributed by atoms with van der Waals surface area (Å²) in [6.45, 7) is 2.67. The van der Waals surface area contributed by atoms with Crippen LogP contribution in [0.25, 0.3) is 0 Å². The summed E-state index contributed by atoms with van der Waals surface area (Å²) in [5, 5.41) is 0. The number of nitrogens with zero attached hydrogens (tertiary/aromatic N) is 1. The Labute approximate surface area is 66.3 Å². The van der Waals surface area contributed by atoms with Gasteiger partial charge in [-0.25, -0.2) is 9.79 Å². The minimum absolute atomic E-state index is 0.531. The molecule has 0 heterocycles. The van der Waals surface area contributed by atoms with Gasteiger partial charge in [0.1, 0.15) is 0 Å². The summed E-state index contributed by atoms with van der Waals surface area (Å²) in [6.07, 6.45) is 3.47. The van der Waals surface area contributed by atoms with E-state index in [1.165, 1.54) is 6.08 Å². The summed E-state index contributed by atoms with van der Waals surface area (Å²) in [7, 11) is 0. The van der Waals surface area contributed by atoms with Crippen molar-refractivity contribution in [2.45, 2.75) is 19.8 Å². The SMILES string of the molecule is CC(CCl)CCCN=C=O. The number of rotatable bonds is 5. The van der Waals surface area contributed by atoms with Crippen LogP contribution in [0.2, 0.25) is 0 Å². The Balaban J connectivity index is 3.10. The van der Waals surface area contributed by atoms with Crippen molar-refractivity contribution in [3.63, 3.8) is 0 Å². The summed E-state index contributed by atoms with van der Waals surface area (Å²) in [5.74, 6) is 1.22. The van der Waals surface area contributed by atoms with E-state index in [9.17, 15) is 4.79 Å². The molecule has 0 aliphatic heterocycles. The molecular weight excluding hydrogens is 150 g/mol. The fraction of sp³-hybridized carbons (Fsp3) is 0.857. The summed E-state index contributed by atoms with van der Waals surface area (Å²) < 4.78 is 0. The first-order valence-electron chi connectivity index (χ1n) is 3.41. The van der Waals surface area contributed by atoms with Crippen LogP contribution >= 0.6 is 11.6 Å². The fourth-order valence-electron chi connectivity index (χ4n) is 0.642. The second-order valence-corrected chi connectivity index (χ2v) is 2.68. The maximum absolute atomic E-state index is 9.60.